The van der Waals surface area contributed by atoms with Crippen LogP contribution in [0, 0.1) is 0 Å². The Kier molecular flexibility index (Phi) is 6.54. The van der Waals surface area contributed by atoms with Crippen LogP contribution in [0.5, 0.6) is 0 Å². The van der Waals surface area contributed by atoms with Gasteiger partial charge in [0.1, 0.15) is 0 Å². The Morgan fingerprint density at radius 1 is 1.62 bits per heavy atom. The van der Waals surface area contributed by atoms with Gasteiger partial charge in [-0.1, -0.05) is 13.3 Å². The van der Waals surface area contributed by atoms with Gasteiger partial charge in [-0.25, -0.2) is 0 Å². The molecule has 3 N–H and O–H groups in total. The van der Waals surface area contributed by atoms with E-state index in [2.05, 4.69) is 5.32 Å². The molecule has 0 aliphatic rings. The van der Waals surface area contributed by atoms with Crippen molar-refractivity contribution in [1.82, 2.24) is 5.32 Å². The number of amides is 1. The zero-order valence-electron chi connectivity index (χ0n) is 8.67. The molecule has 78 valence electrons. The molecule has 0 radical (unpaired) electrons. The quantitative estimate of drug-likeness (QED) is 0.628. The number of rotatable bonds is 6. The molecule has 0 aromatic rings. The summed E-state index contributed by atoms with van der Waals surface area (Å²) in [7, 11) is 1.61. The van der Waals surface area contributed by atoms with Crippen LogP contribution in [0.15, 0.2) is 0 Å². The van der Waals surface area contributed by atoms with Gasteiger partial charge in [0.2, 0.25) is 5.91 Å². The molecule has 0 saturated carbocycles. The van der Waals surface area contributed by atoms with Gasteiger partial charge in [-0.2, -0.15) is 0 Å². The molecule has 1 unspecified atom stereocenters. The highest BCUT2D eigenvalue weighted by molar-refractivity contribution is 5.81. The van der Waals surface area contributed by atoms with Crippen LogP contribution in [-0.2, 0) is 9.53 Å². The van der Waals surface area contributed by atoms with E-state index in [0.717, 1.165) is 12.8 Å². The molecule has 0 aromatic heterocycles. The third kappa shape index (κ3) is 5.60. The highest BCUT2D eigenvalue weighted by atomic mass is 16.5. The molecule has 0 fully saturated rings. The summed E-state index contributed by atoms with van der Waals surface area (Å²) in [6.45, 7) is 4.41. The third-order valence-electron chi connectivity index (χ3n) is 1.74. The lowest BCUT2D eigenvalue weighted by molar-refractivity contribution is -0.123. The number of carbonyl (C=O) groups is 1. The van der Waals surface area contributed by atoms with Crippen molar-refractivity contribution < 1.29 is 9.53 Å². The summed E-state index contributed by atoms with van der Waals surface area (Å²) in [4.78, 5) is 11.3. The van der Waals surface area contributed by atoms with Crippen molar-refractivity contribution in [3.8, 4) is 0 Å². The summed E-state index contributed by atoms with van der Waals surface area (Å²) in [5.74, 6) is -0.0913. The Morgan fingerprint density at radius 3 is 2.69 bits per heavy atom. The summed E-state index contributed by atoms with van der Waals surface area (Å²) in [5.41, 5.74) is 5.62. The minimum absolute atomic E-state index is 0.0282. The van der Waals surface area contributed by atoms with Crippen molar-refractivity contribution in [3.05, 3.63) is 0 Å². The van der Waals surface area contributed by atoms with Crippen LogP contribution in [0.25, 0.3) is 0 Å². The molecule has 0 aliphatic heterocycles. The highest BCUT2D eigenvalue weighted by Crippen LogP contribution is 1.94. The summed E-state index contributed by atoms with van der Waals surface area (Å²) >= 11 is 0. The molecule has 0 rings (SSSR count). The van der Waals surface area contributed by atoms with E-state index in [0.29, 0.717) is 6.61 Å². The fourth-order valence-corrected chi connectivity index (χ4v) is 1.08. The van der Waals surface area contributed by atoms with Crippen LogP contribution in [-0.4, -0.2) is 31.7 Å². The Bertz CT molecular complexity index is 151. The summed E-state index contributed by atoms with van der Waals surface area (Å²) in [6.07, 6.45) is 1.65. The Hall–Kier alpha value is -0.610. The minimum Gasteiger partial charge on any atom is -0.383 e. The fourth-order valence-electron chi connectivity index (χ4n) is 1.08. The van der Waals surface area contributed by atoms with Crippen molar-refractivity contribution in [1.29, 1.82) is 0 Å². The van der Waals surface area contributed by atoms with Crippen molar-refractivity contribution in [2.24, 2.45) is 5.73 Å². The summed E-state index contributed by atoms with van der Waals surface area (Å²) < 4.78 is 4.89. The van der Waals surface area contributed by atoms with Gasteiger partial charge in [0.25, 0.3) is 0 Å². The maximum atomic E-state index is 11.3. The average Bonchev–Trinajstić information content (AvgIpc) is 2.05. The van der Waals surface area contributed by atoms with E-state index in [-0.39, 0.29) is 18.0 Å². The lowest BCUT2D eigenvalue weighted by Gasteiger charge is -2.16. The first kappa shape index (κ1) is 12.4. The van der Waals surface area contributed by atoms with Crippen LogP contribution in [0.1, 0.15) is 26.7 Å². The number of nitrogens with two attached hydrogens (primary N) is 1. The normalized spacial score (nSPS) is 15.1. The molecular weight excluding hydrogens is 168 g/mol. The molecule has 1 amide bonds. The largest absolute Gasteiger partial charge is 0.383 e. The van der Waals surface area contributed by atoms with Gasteiger partial charge >= 0.3 is 0 Å². The molecule has 0 saturated heterocycles. The van der Waals surface area contributed by atoms with Gasteiger partial charge < -0.3 is 15.8 Å². The second kappa shape index (κ2) is 6.86. The topological polar surface area (TPSA) is 64.4 Å². The Balaban J connectivity index is 3.71. The van der Waals surface area contributed by atoms with Crippen molar-refractivity contribution in [2.75, 3.05) is 13.7 Å². The molecule has 2 atom stereocenters. The second-order valence-electron chi connectivity index (χ2n) is 3.26. The van der Waals surface area contributed by atoms with Gasteiger partial charge in [0, 0.05) is 13.2 Å². The third-order valence-corrected chi connectivity index (χ3v) is 1.74. The predicted molar refractivity (Wildman–Crippen MR) is 52.4 cm³/mol. The number of hydrogen-bond donors (Lipinski definition) is 2. The van der Waals surface area contributed by atoms with Crippen molar-refractivity contribution in [2.45, 2.75) is 38.8 Å². The lowest BCUT2D eigenvalue weighted by atomic mass is 10.1. The Morgan fingerprint density at radius 2 is 2.23 bits per heavy atom. The fraction of sp³-hybridized carbons (Fsp3) is 0.889. The van der Waals surface area contributed by atoms with E-state index in [4.69, 9.17) is 10.5 Å². The molecule has 0 bridgehead atoms. The average molecular weight is 188 g/mol. The Labute approximate surface area is 79.8 Å². The first-order valence-corrected chi connectivity index (χ1v) is 4.66. The first-order valence-electron chi connectivity index (χ1n) is 4.66. The molecule has 4 nitrogen and oxygen atoms in total. The van der Waals surface area contributed by atoms with Gasteiger partial charge in [0.05, 0.1) is 12.6 Å². The molecule has 4 heteroatoms. The van der Waals surface area contributed by atoms with Crippen molar-refractivity contribution >= 4 is 5.91 Å². The summed E-state index contributed by atoms with van der Waals surface area (Å²) in [5, 5.41) is 2.78. The lowest BCUT2D eigenvalue weighted by Crippen LogP contribution is -2.45. The maximum absolute atomic E-state index is 11.3. The van der Waals surface area contributed by atoms with E-state index in [9.17, 15) is 4.79 Å². The van der Waals surface area contributed by atoms with Crippen LogP contribution in [0.3, 0.4) is 0 Å². The van der Waals surface area contributed by atoms with E-state index < -0.39 is 0 Å². The number of hydrogen-bond acceptors (Lipinski definition) is 3. The SMILES string of the molecule is CCC[C@@H](N)C(=O)NC(C)COC. The molecule has 0 heterocycles. The first-order chi connectivity index (χ1) is 6.11. The van der Waals surface area contributed by atoms with E-state index in [1.54, 1.807) is 7.11 Å². The minimum atomic E-state index is -0.385. The van der Waals surface area contributed by atoms with Crippen LogP contribution in [0.2, 0.25) is 0 Å². The number of nitrogens with one attached hydrogen (secondary N) is 1. The molecule has 13 heavy (non-hydrogen) atoms. The van der Waals surface area contributed by atoms with Crippen LogP contribution in [0.4, 0.5) is 0 Å². The van der Waals surface area contributed by atoms with Crippen LogP contribution < -0.4 is 11.1 Å². The van der Waals surface area contributed by atoms with E-state index in [1.807, 2.05) is 13.8 Å². The molecular formula is C9H20N2O2. The van der Waals surface area contributed by atoms with Crippen molar-refractivity contribution in [3.63, 3.8) is 0 Å². The molecule has 0 aliphatic carbocycles. The van der Waals surface area contributed by atoms with Crippen LogP contribution >= 0.6 is 0 Å². The van der Waals surface area contributed by atoms with E-state index in [1.165, 1.54) is 0 Å². The second-order valence-corrected chi connectivity index (χ2v) is 3.26. The predicted octanol–water partition coefficient (Wildman–Crippen LogP) is 0.265. The number of methoxy groups -OCH3 is 1. The van der Waals surface area contributed by atoms with Gasteiger partial charge in [-0.3, -0.25) is 4.79 Å². The highest BCUT2D eigenvalue weighted by Gasteiger charge is 2.13. The van der Waals surface area contributed by atoms with E-state index >= 15 is 0 Å². The zero-order chi connectivity index (χ0) is 10.3. The van der Waals surface area contributed by atoms with Gasteiger partial charge in [0.15, 0.2) is 0 Å². The maximum Gasteiger partial charge on any atom is 0.237 e. The molecule has 0 spiro atoms. The standard InChI is InChI=1S/C9H20N2O2/c1-4-5-8(10)9(12)11-7(2)6-13-3/h7-8H,4-6,10H2,1-3H3,(H,11,12)/t7?,8-/m1/s1. The molecule has 0 aromatic carbocycles. The number of carbonyl (C=O) groups excluding carboxylic acids is 1. The monoisotopic (exact) mass is 188 g/mol. The zero-order valence-corrected chi connectivity index (χ0v) is 8.67. The number of ether oxygens (including phenoxy) is 1. The smallest absolute Gasteiger partial charge is 0.237 e. The van der Waals surface area contributed by atoms with Gasteiger partial charge in [-0.05, 0) is 13.3 Å². The van der Waals surface area contributed by atoms with Gasteiger partial charge in [-0.15, -0.1) is 0 Å². The summed E-state index contributed by atoms with van der Waals surface area (Å²) in [6, 6.07) is -0.357.